The number of ether oxygens (including phenoxy) is 1. The molecule has 2 aromatic carbocycles. The number of thiazole rings is 1. The van der Waals surface area contributed by atoms with Crippen molar-refractivity contribution < 1.29 is 9.53 Å². The number of nitrogens with zero attached hydrogens (tertiary/aromatic N) is 3. The molecule has 7 heteroatoms. The van der Waals surface area contributed by atoms with Gasteiger partial charge in [-0.2, -0.15) is 0 Å². The first kappa shape index (κ1) is 23.8. The molecule has 184 valence electrons. The van der Waals surface area contributed by atoms with Crippen molar-refractivity contribution in [2.75, 3.05) is 19.0 Å². The lowest BCUT2D eigenvalue weighted by Crippen LogP contribution is -2.12. The number of carbonyl (C=O) groups excluding carboxylic acids is 1. The summed E-state index contributed by atoms with van der Waals surface area (Å²) < 4.78 is 8.57. The minimum absolute atomic E-state index is 0.332. The number of methoxy groups -OCH3 is 1. The average Bonchev–Trinajstić information content (AvgIpc) is 3.44. The van der Waals surface area contributed by atoms with Gasteiger partial charge in [0.05, 0.1) is 33.9 Å². The molecule has 0 atom stereocenters. The Labute approximate surface area is 210 Å². The molecule has 0 amide bonds. The molecule has 1 aliphatic rings. The SMILES string of the molecule is CCCCNc1nc2cccc(-c3nc4cc(C(=O)OC)ccc4n3C3CCCCCCC3)c2s1. The number of imidazole rings is 1. The standard InChI is InChI=1S/C28H34N4O2S/c1-3-4-17-29-28-31-22-14-10-13-21(25(22)35-28)26-30-23-18-19(27(33)34-2)15-16-24(23)32(26)20-11-8-6-5-7-9-12-20/h10,13-16,18,20H,3-9,11-12,17H2,1-2H3,(H,29,31). The highest BCUT2D eigenvalue weighted by Crippen LogP contribution is 2.39. The molecule has 35 heavy (non-hydrogen) atoms. The first-order valence-corrected chi connectivity index (χ1v) is 13.8. The van der Waals surface area contributed by atoms with Crippen LogP contribution < -0.4 is 5.32 Å². The highest BCUT2D eigenvalue weighted by Gasteiger charge is 2.24. The summed E-state index contributed by atoms with van der Waals surface area (Å²) in [7, 11) is 1.42. The molecule has 4 aromatic rings. The van der Waals surface area contributed by atoms with Crippen LogP contribution in [0.3, 0.4) is 0 Å². The molecule has 0 bridgehead atoms. The van der Waals surface area contributed by atoms with Gasteiger partial charge in [-0.3, -0.25) is 0 Å². The molecule has 1 fully saturated rings. The lowest BCUT2D eigenvalue weighted by Gasteiger charge is -2.24. The maximum Gasteiger partial charge on any atom is 0.337 e. The molecule has 0 unspecified atom stereocenters. The van der Waals surface area contributed by atoms with Gasteiger partial charge in [0.15, 0.2) is 5.13 Å². The highest BCUT2D eigenvalue weighted by atomic mass is 32.1. The molecule has 1 N–H and O–H groups in total. The Balaban J connectivity index is 1.65. The van der Waals surface area contributed by atoms with Crippen LogP contribution in [-0.2, 0) is 4.74 Å². The minimum Gasteiger partial charge on any atom is -0.465 e. The molecular formula is C28H34N4O2S. The summed E-state index contributed by atoms with van der Waals surface area (Å²) in [4.78, 5) is 22.2. The number of fused-ring (bicyclic) bond motifs is 2. The molecular weight excluding hydrogens is 456 g/mol. The van der Waals surface area contributed by atoms with Gasteiger partial charge >= 0.3 is 5.97 Å². The largest absolute Gasteiger partial charge is 0.465 e. The van der Waals surface area contributed by atoms with Gasteiger partial charge in [-0.1, -0.05) is 62.9 Å². The van der Waals surface area contributed by atoms with E-state index in [-0.39, 0.29) is 5.97 Å². The van der Waals surface area contributed by atoms with Crippen molar-refractivity contribution >= 4 is 43.7 Å². The zero-order chi connectivity index (χ0) is 24.2. The molecule has 5 rings (SSSR count). The number of esters is 1. The van der Waals surface area contributed by atoms with Gasteiger partial charge in [-0.15, -0.1) is 0 Å². The second kappa shape index (κ2) is 10.8. The summed E-state index contributed by atoms with van der Waals surface area (Å²) in [6.07, 6.45) is 11.0. The van der Waals surface area contributed by atoms with E-state index in [1.54, 1.807) is 11.3 Å². The molecule has 2 aromatic heterocycles. The van der Waals surface area contributed by atoms with Crippen LogP contribution in [0.15, 0.2) is 36.4 Å². The maximum atomic E-state index is 12.2. The van der Waals surface area contributed by atoms with Crippen molar-refractivity contribution in [3.8, 4) is 11.4 Å². The van der Waals surface area contributed by atoms with Crippen molar-refractivity contribution in [1.29, 1.82) is 0 Å². The highest BCUT2D eigenvalue weighted by molar-refractivity contribution is 7.22. The Morgan fingerprint density at radius 3 is 2.66 bits per heavy atom. The van der Waals surface area contributed by atoms with Crippen LogP contribution in [0.5, 0.6) is 0 Å². The van der Waals surface area contributed by atoms with Gasteiger partial charge in [-0.05, 0) is 49.6 Å². The number of carbonyl (C=O) groups is 1. The number of benzene rings is 2. The van der Waals surface area contributed by atoms with E-state index in [1.165, 1.54) is 39.2 Å². The summed E-state index contributed by atoms with van der Waals surface area (Å²) in [5.74, 6) is 0.642. The van der Waals surface area contributed by atoms with Crippen molar-refractivity contribution in [1.82, 2.24) is 14.5 Å². The lowest BCUT2D eigenvalue weighted by atomic mass is 9.96. The number of unbranched alkanes of at least 4 members (excludes halogenated alkanes) is 1. The van der Waals surface area contributed by atoms with Crippen LogP contribution in [0, 0.1) is 0 Å². The zero-order valence-corrected chi connectivity index (χ0v) is 21.5. The molecule has 1 aliphatic carbocycles. The fourth-order valence-corrected chi connectivity index (χ4v) is 6.17. The quantitative estimate of drug-likeness (QED) is 0.213. The maximum absolute atomic E-state index is 12.2. The third kappa shape index (κ3) is 4.92. The van der Waals surface area contributed by atoms with Crippen LogP contribution in [0.25, 0.3) is 32.6 Å². The topological polar surface area (TPSA) is 69.0 Å². The number of anilines is 1. The molecule has 1 saturated carbocycles. The number of rotatable bonds is 7. The van der Waals surface area contributed by atoms with Gasteiger partial charge in [0, 0.05) is 18.2 Å². The predicted octanol–water partition coefficient (Wildman–Crippen LogP) is 7.60. The van der Waals surface area contributed by atoms with E-state index >= 15 is 0 Å². The van der Waals surface area contributed by atoms with Gasteiger partial charge in [0.1, 0.15) is 5.82 Å². The van der Waals surface area contributed by atoms with E-state index < -0.39 is 0 Å². The predicted molar refractivity (Wildman–Crippen MR) is 144 cm³/mol. The van der Waals surface area contributed by atoms with E-state index in [0.29, 0.717) is 11.6 Å². The van der Waals surface area contributed by atoms with Crippen LogP contribution in [0.4, 0.5) is 5.13 Å². The second-order valence-corrected chi connectivity index (χ2v) is 10.5. The van der Waals surface area contributed by atoms with Crippen molar-refractivity contribution in [3.63, 3.8) is 0 Å². The minimum atomic E-state index is -0.332. The van der Waals surface area contributed by atoms with Crippen molar-refractivity contribution in [3.05, 3.63) is 42.0 Å². The van der Waals surface area contributed by atoms with Crippen molar-refractivity contribution in [2.45, 2.75) is 70.8 Å². The molecule has 6 nitrogen and oxygen atoms in total. The monoisotopic (exact) mass is 490 g/mol. The smallest absolute Gasteiger partial charge is 0.337 e. The van der Waals surface area contributed by atoms with E-state index in [0.717, 1.165) is 70.0 Å². The van der Waals surface area contributed by atoms with Crippen molar-refractivity contribution in [2.24, 2.45) is 0 Å². The Kier molecular flexibility index (Phi) is 7.32. The van der Waals surface area contributed by atoms with E-state index in [4.69, 9.17) is 14.7 Å². The first-order chi connectivity index (χ1) is 17.2. The Morgan fingerprint density at radius 1 is 1.09 bits per heavy atom. The Morgan fingerprint density at radius 2 is 1.89 bits per heavy atom. The summed E-state index contributed by atoms with van der Waals surface area (Å²) in [5.41, 5.74) is 4.57. The summed E-state index contributed by atoms with van der Waals surface area (Å²) in [5, 5.41) is 4.45. The fourth-order valence-electron chi connectivity index (χ4n) is 5.17. The van der Waals surface area contributed by atoms with Crippen LogP contribution in [-0.4, -0.2) is 34.2 Å². The van der Waals surface area contributed by atoms with Gasteiger partial charge < -0.3 is 14.6 Å². The number of hydrogen-bond donors (Lipinski definition) is 1. The number of hydrogen-bond acceptors (Lipinski definition) is 6. The third-order valence-corrected chi connectivity index (χ3v) is 8.08. The van der Waals surface area contributed by atoms with Crippen LogP contribution >= 0.6 is 11.3 Å². The van der Waals surface area contributed by atoms with E-state index in [9.17, 15) is 4.79 Å². The molecule has 0 saturated heterocycles. The van der Waals surface area contributed by atoms with Crippen LogP contribution in [0.2, 0.25) is 0 Å². The van der Waals surface area contributed by atoms with Gasteiger partial charge in [-0.25, -0.2) is 14.8 Å². The summed E-state index contributed by atoms with van der Waals surface area (Å²) in [6.45, 7) is 3.13. The first-order valence-electron chi connectivity index (χ1n) is 12.9. The number of nitrogens with one attached hydrogen (secondary N) is 1. The van der Waals surface area contributed by atoms with E-state index in [1.807, 2.05) is 18.2 Å². The molecule has 0 spiro atoms. The second-order valence-electron chi connectivity index (χ2n) is 9.45. The van der Waals surface area contributed by atoms with E-state index in [2.05, 4.69) is 35.0 Å². The average molecular weight is 491 g/mol. The Hall–Kier alpha value is -2.93. The zero-order valence-electron chi connectivity index (χ0n) is 20.7. The Bertz CT molecular complexity index is 1320. The number of aromatic nitrogens is 3. The van der Waals surface area contributed by atoms with Gasteiger partial charge in [0.25, 0.3) is 0 Å². The normalized spacial score (nSPS) is 15.3. The van der Waals surface area contributed by atoms with Gasteiger partial charge in [0.2, 0.25) is 0 Å². The molecule has 0 radical (unpaired) electrons. The van der Waals surface area contributed by atoms with Crippen LogP contribution in [0.1, 0.15) is 81.1 Å². The third-order valence-electron chi connectivity index (χ3n) is 7.01. The molecule has 0 aliphatic heterocycles. The summed E-state index contributed by atoms with van der Waals surface area (Å²) in [6, 6.07) is 12.5. The lowest BCUT2D eigenvalue weighted by molar-refractivity contribution is 0.0601. The summed E-state index contributed by atoms with van der Waals surface area (Å²) >= 11 is 1.70. The fraction of sp³-hybridized carbons (Fsp3) is 0.464. The molecule has 2 heterocycles.